The van der Waals surface area contributed by atoms with Crippen molar-refractivity contribution in [1.29, 1.82) is 0 Å². The Morgan fingerprint density at radius 1 is 1.18 bits per heavy atom. The van der Waals surface area contributed by atoms with Gasteiger partial charge in [-0.25, -0.2) is 19.3 Å². The van der Waals surface area contributed by atoms with Gasteiger partial charge in [-0.15, -0.1) is 5.10 Å². The van der Waals surface area contributed by atoms with Gasteiger partial charge in [-0.05, 0) is 55.0 Å². The van der Waals surface area contributed by atoms with Gasteiger partial charge < -0.3 is 19.7 Å². The molecule has 4 aromatic rings. The number of nitrogens with zero attached hydrogens (tertiary/aromatic N) is 5. The van der Waals surface area contributed by atoms with E-state index in [0.717, 1.165) is 43.0 Å². The summed E-state index contributed by atoms with van der Waals surface area (Å²) in [5.41, 5.74) is 4.45. The number of ether oxygens (including phenoxy) is 2. The van der Waals surface area contributed by atoms with Crippen LogP contribution in [0.2, 0.25) is 0 Å². The summed E-state index contributed by atoms with van der Waals surface area (Å²) in [6.07, 6.45) is 4.15. The maximum absolute atomic E-state index is 11.9. The van der Waals surface area contributed by atoms with Crippen LogP contribution in [0.15, 0.2) is 60.8 Å². The first-order valence-electron chi connectivity index (χ1n) is 14.0. The van der Waals surface area contributed by atoms with Gasteiger partial charge in [-0.2, -0.15) is 0 Å². The zero-order valence-corrected chi connectivity index (χ0v) is 23.1. The van der Waals surface area contributed by atoms with Gasteiger partial charge in [0.05, 0.1) is 25.6 Å². The van der Waals surface area contributed by atoms with Gasteiger partial charge in [-0.3, -0.25) is 0 Å². The average molecular weight is 539 g/mol. The van der Waals surface area contributed by atoms with Crippen molar-refractivity contribution in [2.24, 2.45) is 11.8 Å². The largest absolute Gasteiger partial charge is 0.464 e. The quantitative estimate of drug-likeness (QED) is 0.347. The highest BCUT2D eigenvalue weighted by Gasteiger charge is 2.63. The smallest absolute Gasteiger partial charge is 0.356 e. The lowest BCUT2D eigenvalue weighted by atomic mass is 9.63. The molecule has 6 heterocycles. The van der Waals surface area contributed by atoms with Gasteiger partial charge in [0.1, 0.15) is 11.4 Å². The number of aryl methyl sites for hydroxylation is 1. The number of carbonyl (C=O) groups is 1. The molecule has 4 fully saturated rings. The number of hydrogen-bond acceptors (Lipinski definition) is 8. The zero-order valence-electron chi connectivity index (χ0n) is 23.1. The minimum absolute atomic E-state index is 0.126. The third-order valence-electron chi connectivity index (χ3n) is 9.23. The molecule has 3 saturated heterocycles. The Hall–Kier alpha value is -3.98. The summed E-state index contributed by atoms with van der Waals surface area (Å²) >= 11 is 0. The van der Waals surface area contributed by atoms with Crippen molar-refractivity contribution in [3.05, 3.63) is 83.4 Å². The van der Waals surface area contributed by atoms with Gasteiger partial charge in [0.15, 0.2) is 17.2 Å². The summed E-state index contributed by atoms with van der Waals surface area (Å²) in [6, 6.07) is 18.4. The van der Waals surface area contributed by atoms with Crippen molar-refractivity contribution in [1.82, 2.24) is 19.6 Å². The topological polar surface area (TPSA) is 93.9 Å². The first-order valence-corrected chi connectivity index (χ1v) is 14.0. The summed E-state index contributed by atoms with van der Waals surface area (Å²) in [5.74, 6) is 1.61. The predicted octanol–water partition coefficient (Wildman–Crippen LogP) is 4.36. The predicted molar refractivity (Wildman–Crippen MR) is 152 cm³/mol. The van der Waals surface area contributed by atoms with Crippen LogP contribution in [0.25, 0.3) is 5.65 Å². The molecule has 1 aromatic carbocycles. The molecule has 0 amide bonds. The molecule has 1 aliphatic carbocycles. The lowest BCUT2D eigenvalue weighted by molar-refractivity contribution is -0.0591. The number of methoxy groups -OCH3 is 1. The van der Waals surface area contributed by atoms with Crippen molar-refractivity contribution in [3.63, 3.8) is 0 Å². The molecule has 206 valence electrons. The fraction of sp³-hybridized carbons (Fsp3) is 0.419. The van der Waals surface area contributed by atoms with Crippen molar-refractivity contribution >= 4 is 23.1 Å². The number of rotatable bonds is 7. The third kappa shape index (κ3) is 3.94. The Balaban J connectivity index is 1.12. The van der Waals surface area contributed by atoms with Crippen molar-refractivity contribution in [2.45, 2.75) is 37.7 Å². The van der Waals surface area contributed by atoms with Crippen molar-refractivity contribution in [2.75, 3.05) is 43.6 Å². The molecule has 3 unspecified atom stereocenters. The Morgan fingerprint density at radius 2 is 2.02 bits per heavy atom. The van der Waals surface area contributed by atoms with Gasteiger partial charge in [-0.1, -0.05) is 43.3 Å². The van der Waals surface area contributed by atoms with E-state index in [2.05, 4.69) is 71.6 Å². The molecule has 40 heavy (non-hydrogen) atoms. The SMILES string of the molecule is COC(=O)c1cccc(NCC2C3COC2(c2nc4c(C)cc(N5CC[C@](C)(c6ccccc6)C5)cn4n2)C3)n1. The van der Waals surface area contributed by atoms with Gasteiger partial charge in [0, 0.05) is 31.0 Å². The van der Waals surface area contributed by atoms with Crippen LogP contribution in [0.4, 0.5) is 11.5 Å². The standard InChI is InChI=1S/C31H34N6O3/c1-20-14-23(36-13-12-30(2,19-36)22-8-5-4-6-9-22)17-37-27(20)34-29(35-37)31-15-21(18-40-31)24(31)16-32-26-11-7-10-25(33-26)28(38)39-3/h4-11,14,17,21,24H,12-13,15-16,18-19H2,1-3H3,(H,32,33)/t21?,24?,30-,31?/m0/s1. The highest BCUT2D eigenvalue weighted by Crippen LogP contribution is 2.58. The zero-order chi connectivity index (χ0) is 27.5. The summed E-state index contributed by atoms with van der Waals surface area (Å²) in [4.78, 5) is 23.8. The molecule has 9 heteroatoms. The fourth-order valence-electron chi connectivity index (χ4n) is 6.86. The molecule has 0 spiro atoms. The molecule has 1 N–H and O–H groups in total. The Bertz CT molecular complexity index is 1580. The summed E-state index contributed by atoms with van der Waals surface area (Å²) in [5, 5.41) is 8.40. The molecular formula is C31H34N6O3. The van der Waals surface area contributed by atoms with E-state index in [1.165, 1.54) is 18.4 Å². The van der Waals surface area contributed by atoms with Crippen LogP contribution in [-0.4, -0.2) is 58.9 Å². The molecule has 3 aliphatic heterocycles. The summed E-state index contributed by atoms with van der Waals surface area (Å²) in [7, 11) is 1.36. The number of hydrogen-bond donors (Lipinski definition) is 1. The van der Waals surface area contributed by atoms with E-state index in [1.807, 2.05) is 10.6 Å². The second kappa shape index (κ2) is 9.30. The number of esters is 1. The number of aromatic nitrogens is 4. The molecule has 0 radical (unpaired) electrons. The van der Waals surface area contributed by atoms with Crippen LogP contribution in [0.5, 0.6) is 0 Å². The Labute approximate surface area is 233 Å². The molecule has 4 atom stereocenters. The average Bonchev–Trinajstić information content (AvgIpc) is 3.76. The van der Waals surface area contributed by atoms with E-state index < -0.39 is 11.6 Å². The molecule has 3 aromatic heterocycles. The van der Waals surface area contributed by atoms with Crippen molar-refractivity contribution < 1.29 is 14.3 Å². The van der Waals surface area contributed by atoms with Crippen LogP contribution >= 0.6 is 0 Å². The molecule has 4 aliphatic rings. The number of nitrogens with one attached hydrogen (secondary N) is 1. The third-order valence-corrected chi connectivity index (χ3v) is 9.23. The fourth-order valence-corrected chi connectivity index (χ4v) is 6.86. The summed E-state index contributed by atoms with van der Waals surface area (Å²) < 4.78 is 13.1. The highest BCUT2D eigenvalue weighted by atomic mass is 16.5. The van der Waals surface area contributed by atoms with Crippen LogP contribution in [0, 0.1) is 18.8 Å². The second-order valence-electron chi connectivity index (χ2n) is 11.7. The number of carbonyl (C=O) groups excluding carboxylic acids is 1. The van der Waals surface area contributed by atoms with Crippen LogP contribution in [0.1, 0.15) is 47.2 Å². The lowest BCUT2D eigenvalue weighted by Crippen LogP contribution is -2.49. The van der Waals surface area contributed by atoms with Crippen LogP contribution < -0.4 is 10.2 Å². The number of anilines is 2. The van der Waals surface area contributed by atoms with Crippen molar-refractivity contribution in [3.8, 4) is 0 Å². The minimum Gasteiger partial charge on any atom is -0.464 e. The molecule has 9 nitrogen and oxygen atoms in total. The number of fused-ring (bicyclic) bond motifs is 2. The molecular weight excluding hydrogens is 504 g/mol. The maximum Gasteiger partial charge on any atom is 0.356 e. The molecule has 8 rings (SSSR count). The van der Waals surface area contributed by atoms with Crippen LogP contribution in [0.3, 0.4) is 0 Å². The summed E-state index contributed by atoms with van der Waals surface area (Å²) in [6.45, 7) is 7.81. The Morgan fingerprint density at radius 3 is 2.83 bits per heavy atom. The van der Waals surface area contributed by atoms with Gasteiger partial charge in [0.25, 0.3) is 0 Å². The maximum atomic E-state index is 11.9. The van der Waals surface area contributed by atoms with E-state index in [9.17, 15) is 4.79 Å². The van der Waals surface area contributed by atoms with E-state index >= 15 is 0 Å². The van der Waals surface area contributed by atoms with E-state index in [0.29, 0.717) is 24.9 Å². The van der Waals surface area contributed by atoms with E-state index in [4.69, 9.17) is 19.6 Å². The van der Waals surface area contributed by atoms with Gasteiger partial charge in [0.2, 0.25) is 0 Å². The lowest BCUT2D eigenvalue weighted by Gasteiger charge is -2.43. The first-order chi connectivity index (χ1) is 19.4. The van der Waals surface area contributed by atoms with E-state index in [1.54, 1.807) is 12.1 Å². The number of benzene rings is 1. The van der Waals surface area contributed by atoms with Crippen LogP contribution in [-0.2, 0) is 20.5 Å². The van der Waals surface area contributed by atoms with E-state index in [-0.39, 0.29) is 17.0 Å². The first kappa shape index (κ1) is 25.0. The normalized spacial score (nSPS) is 27.1. The highest BCUT2D eigenvalue weighted by molar-refractivity contribution is 5.87. The van der Waals surface area contributed by atoms with Gasteiger partial charge >= 0.3 is 5.97 Å². The molecule has 2 bridgehead atoms. The second-order valence-corrected chi connectivity index (χ2v) is 11.7. The number of pyridine rings is 2. The Kier molecular flexibility index (Phi) is 5.82. The molecule has 1 saturated carbocycles. The minimum atomic E-state index is -0.504. The monoisotopic (exact) mass is 538 g/mol.